The number of halogens is 4. The number of nitrogens with zero attached hydrogens (tertiary/aromatic N) is 2. The zero-order chi connectivity index (χ0) is 22.5. The van der Waals surface area contributed by atoms with Crippen LogP contribution in [0, 0.1) is 12.7 Å². The van der Waals surface area contributed by atoms with Gasteiger partial charge in [-0.05, 0) is 63.3 Å². The highest BCUT2D eigenvalue weighted by Gasteiger charge is 2.40. The van der Waals surface area contributed by atoms with Crippen molar-refractivity contribution in [2.45, 2.75) is 58.1 Å². The lowest BCUT2D eigenvalue weighted by Gasteiger charge is -2.23. The van der Waals surface area contributed by atoms with Crippen molar-refractivity contribution in [2.75, 3.05) is 5.32 Å². The molecule has 164 valence electrons. The lowest BCUT2D eigenvalue weighted by atomic mass is 9.97. The van der Waals surface area contributed by atoms with Crippen molar-refractivity contribution in [2.24, 2.45) is 0 Å². The standard InChI is InChI=1S/C23H23BrF3N3O/c1-11(14-6-5-9-18(20(14)25)23(26,27)12(2)31)28-22-17-10-19(24)15-7-4-8-16(15)21(17)29-13(3)30-22/h5-6,9-12,31H,4,7-8H2,1-3H3,(H,28,29,30). The van der Waals surface area contributed by atoms with Crippen LogP contribution < -0.4 is 5.32 Å². The zero-order valence-electron chi connectivity index (χ0n) is 17.4. The molecule has 0 saturated carbocycles. The van der Waals surface area contributed by atoms with E-state index < -0.39 is 29.4 Å². The Kier molecular flexibility index (Phi) is 5.72. The molecule has 2 unspecified atom stereocenters. The van der Waals surface area contributed by atoms with Crippen LogP contribution in [0.1, 0.15) is 54.4 Å². The smallest absolute Gasteiger partial charge is 0.301 e. The quantitative estimate of drug-likeness (QED) is 0.459. The van der Waals surface area contributed by atoms with Gasteiger partial charge in [-0.1, -0.05) is 28.1 Å². The van der Waals surface area contributed by atoms with Crippen LogP contribution in [0.5, 0.6) is 0 Å². The van der Waals surface area contributed by atoms with Gasteiger partial charge in [-0.15, -0.1) is 0 Å². The summed E-state index contributed by atoms with van der Waals surface area (Å²) in [6.45, 7) is 4.43. The molecule has 0 saturated heterocycles. The summed E-state index contributed by atoms with van der Waals surface area (Å²) in [6.07, 6.45) is 0.976. The molecule has 0 bridgehead atoms. The predicted octanol–water partition coefficient (Wildman–Crippen LogP) is 5.97. The van der Waals surface area contributed by atoms with Crippen LogP contribution in [-0.2, 0) is 18.8 Å². The number of fused-ring (bicyclic) bond motifs is 3. The predicted molar refractivity (Wildman–Crippen MR) is 118 cm³/mol. The number of aliphatic hydroxyl groups is 1. The SMILES string of the molecule is Cc1nc(NC(C)c2cccc(C(F)(F)C(C)O)c2F)c2cc(Br)c3c(c2n1)CCC3. The molecule has 1 aliphatic carbocycles. The first kappa shape index (κ1) is 22.0. The Balaban J connectivity index is 1.77. The van der Waals surface area contributed by atoms with Crippen molar-refractivity contribution in [3.05, 3.63) is 62.6 Å². The second kappa shape index (κ2) is 8.06. The number of hydrogen-bond donors (Lipinski definition) is 2. The van der Waals surface area contributed by atoms with Crippen LogP contribution in [0.4, 0.5) is 19.0 Å². The number of rotatable bonds is 5. The summed E-state index contributed by atoms with van der Waals surface area (Å²) in [5.41, 5.74) is 2.56. The molecule has 2 aromatic carbocycles. The number of alkyl halides is 2. The van der Waals surface area contributed by atoms with Gasteiger partial charge in [0.25, 0.3) is 0 Å². The van der Waals surface area contributed by atoms with Crippen LogP contribution in [0.25, 0.3) is 10.9 Å². The maximum absolute atomic E-state index is 15.0. The van der Waals surface area contributed by atoms with Gasteiger partial charge in [0, 0.05) is 15.4 Å². The monoisotopic (exact) mass is 493 g/mol. The topological polar surface area (TPSA) is 58.0 Å². The highest BCUT2D eigenvalue weighted by atomic mass is 79.9. The average molecular weight is 494 g/mol. The molecule has 1 heterocycles. The van der Waals surface area contributed by atoms with Crippen molar-refractivity contribution in [3.8, 4) is 0 Å². The van der Waals surface area contributed by atoms with Crippen LogP contribution in [0.15, 0.2) is 28.7 Å². The summed E-state index contributed by atoms with van der Waals surface area (Å²) in [6, 6.07) is 5.15. The summed E-state index contributed by atoms with van der Waals surface area (Å²) in [5, 5.41) is 13.4. The third kappa shape index (κ3) is 3.80. The van der Waals surface area contributed by atoms with E-state index >= 15 is 4.39 Å². The Morgan fingerprint density at radius 2 is 1.87 bits per heavy atom. The summed E-state index contributed by atoms with van der Waals surface area (Å²) < 4.78 is 44.6. The second-order valence-corrected chi connectivity index (χ2v) is 8.91. The maximum Gasteiger partial charge on any atom is 0.301 e. The van der Waals surface area contributed by atoms with Gasteiger partial charge in [0.2, 0.25) is 0 Å². The Morgan fingerprint density at radius 1 is 1.16 bits per heavy atom. The third-order valence-electron chi connectivity index (χ3n) is 5.85. The Labute approximate surface area is 187 Å². The highest BCUT2D eigenvalue weighted by molar-refractivity contribution is 9.10. The molecule has 2 atom stereocenters. The first-order valence-electron chi connectivity index (χ1n) is 10.2. The second-order valence-electron chi connectivity index (χ2n) is 8.06. The third-order valence-corrected chi connectivity index (χ3v) is 6.56. The van der Waals surface area contributed by atoms with E-state index in [0.717, 1.165) is 47.6 Å². The minimum Gasteiger partial charge on any atom is -0.387 e. The molecular formula is C23H23BrF3N3O. The van der Waals surface area contributed by atoms with E-state index in [1.165, 1.54) is 23.3 Å². The number of aliphatic hydroxyl groups excluding tert-OH is 1. The van der Waals surface area contributed by atoms with Crippen LogP contribution in [0.3, 0.4) is 0 Å². The Hall–Kier alpha value is -2.19. The molecule has 0 amide bonds. The summed E-state index contributed by atoms with van der Waals surface area (Å²) in [5.74, 6) is -3.62. The largest absolute Gasteiger partial charge is 0.387 e. The molecule has 4 rings (SSSR count). The van der Waals surface area contributed by atoms with Gasteiger partial charge in [0.1, 0.15) is 23.6 Å². The first-order chi connectivity index (χ1) is 14.6. The van der Waals surface area contributed by atoms with Crippen molar-refractivity contribution < 1.29 is 18.3 Å². The number of anilines is 1. The molecule has 0 aliphatic heterocycles. The van der Waals surface area contributed by atoms with E-state index in [9.17, 15) is 13.9 Å². The van der Waals surface area contributed by atoms with Gasteiger partial charge in [-0.25, -0.2) is 14.4 Å². The molecule has 31 heavy (non-hydrogen) atoms. The van der Waals surface area contributed by atoms with E-state index in [-0.39, 0.29) is 5.56 Å². The van der Waals surface area contributed by atoms with Crippen LogP contribution in [0.2, 0.25) is 0 Å². The number of nitrogens with one attached hydrogen (secondary N) is 1. The van der Waals surface area contributed by atoms with Crippen LogP contribution >= 0.6 is 15.9 Å². The Morgan fingerprint density at radius 3 is 2.58 bits per heavy atom. The molecule has 8 heteroatoms. The first-order valence-corrected chi connectivity index (χ1v) is 11.0. The molecule has 1 aliphatic rings. The molecule has 4 nitrogen and oxygen atoms in total. The molecule has 1 aromatic heterocycles. The molecule has 2 N–H and O–H groups in total. The van der Waals surface area contributed by atoms with Gasteiger partial charge in [-0.2, -0.15) is 8.78 Å². The maximum atomic E-state index is 15.0. The van der Waals surface area contributed by atoms with Crippen molar-refractivity contribution >= 4 is 32.7 Å². The zero-order valence-corrected chi connectivity index (χ0v) is 19.0. The Bertz CT molecular complexity index is 1170. The molecule has 0 fully saturated rings. The number of benzene rings is 2. The van der Waals surface area contributed by atoms with E-state index in [2.05, 4.69) is 31.2 Å². The minimum absolute atomic E-state index is 0.0717. The summed E-state index contributed by atoms with van der Waals surface area (Å²) in [7, 11) is 0. The number of aryl methyl sites for hydroxylation is 2. The minimum atomic E-state index is -3.69. The van der Waals surface area contributed by atoms with Gasteiger partial charge in [0.15, 0.2) is 0 Å². The molecule has 0 spiro atoms. The van der Waals surface area contributed by atoms with E-state index in [1.807, 2.05) is 6.07 Å². The fraction of sp³-hybridized carbons (Fsp3) is 0.391. The fourth-order valence-corrected chi connectivity index (χ4v) is 4.86. The number of aromatic nitrogens is 2. The normalized spacial score (nSPS) is 15.7. The summed E-state index contributed by atoms with van der Waals surface area (Å²) >= 11 is 3.64. The van der Waals surface area contributed by atoms with Crippen molar-refractivity contribution in [1.29, 1.82) is 0 Å². The fourth-order valence-electron chi connectivity index (χ4n) is 4.19. The van der Waals surface area contributed by atoms with Crippen molar-refractivity contribution in [3.63, 3.8) is 0 Å². The molecule has 0 radical (unpaired) electrons. The lowest BCUT2D eigenvalue weighted by Crippen LogP contribution is -2.29. The highest BCUT2D eigenvalue weighted by Crippen LogP contribution is 2.39. The lowest BCUT2D eigenvalue weighted by molar-refractivity contribution is -0.108. The van der Waals surface area contributed by atoms with Gasteiger partial charge in [0.05, 0.1) is 17.1 Å². The van der Waals surface area contributed by atoms with Crippen molar-refractivity contribution in [1.82, 2.24) is 9.97 Å². The molecular weight excluding hydrogens is 471 g/mol. The van der Waals surface area contributed by atoms with Gasteiger partial charge >= 0.3 is 5.92 Å². The van der Waals surface area contributed by atoms with E-state index in [0.29, 0.717) is 11.6 Å². The van der Waals surface area contributed by atoms with Gasteiger partial charge in [-0.3, -0.25) is 0 Å². The average Bonchev–Trinajstić information content (AvgIpc) is 3.19. The van der Waals surface area contributed by atoms with E-state index in [1.54, 1.807) is 13.8 Å². The van der Waals surface area contributed by atoms with Crippen LogP contribution in [-0.4, -0.2) is 21.2 Å². The summed E-state index contributed by atoms with van der Waals surface area (Å²) in [4.78, 5) is 9.15. The van der Waals surface area contributed by atoms with Gasteiger partial charge < -0.3 is 10.4 Å². The number of hydrogen-bond acceptors (Lipinski definition) is 4. The molecule has 3 aromatic rings. The van der Waals surface area contributed by atoms with E-state index in [4.69, 9.17) is 0 Å².